The first-order valence-corrected chi connectivity index (χ1v) is 9.18. The van der Waals surface area contributed by atoms with E-state index in [0.29, 0.717) is 12.5 Å². The predicted octanol–water partition coefficient (Wildman–Crippen LogP) is 2.84. The second-order valence-corrected chi connectivity index (χ2v) is 9.06. The fourth-order valence-corrected chi connectivity index (χ4v) is 3.84. The van der Waals surface area contributed by atoms with E-state index in [1.165, 1.54) is 0 Å². The highest BCUT2D eigenvalue weighted by Gasteiger charge is 2.14. The quantitative estimate of drug-likeness (QED) is 0.526. The molecule has 0 amide bonds. The SMILES string of the molecule is CC(C)(C)Sc1cc(CN=C(N)N2CCSCC2)ccn1. The lowest BCUT2D eigenvalue weighted by Gasteiger charge is -2.27. The Morgan fingerprint density at radius 1 is 1.43 bits per heavy atom. The minimum atomic E-state index is 0.166. The highest BCUT2D eigenvalue weighted by molar-refractivity contribution is 8.00. The van der Waals surface area contributed by atoms with Crippen LogP contribution in [0.4, 0.5) is 0 Å². The van der Waals surface area contributed by atoms with Crippen molar-refractivity contribution in [2.75, 3.05) is 24.6 Å². The van der Waals surface area contributed by atoms with Gasteiger partial charge in [-0.2, -0.15) is 11.8 Å². The van der Waals surface area contributed by atoms with E-state index in [2.05, 4.69) is 41.7 Å². The molecule has 21 heavy (non-hydrogen) atoms. The van der Waals surface area contributed by atoms with E-state index >= 15 is 0 Å². The molecule has 1 aromatic rings. The molecule has 0 radical (unpaired) electrons. The van der Waals surface area contributed by atoms with Gasteiger partial charge < -0.3 is 10.6 Å². The van der Waals surface area contributed by atoms with Gasteiger partial charge in [0.2, 0.25) is 0 Å². The van der Waals surface area contributed by atoms with Crippen LogP contribution in [0.25, 0.3) is 0 Å². The summed E-state index contributed by atoms with van der Waals surface area (Å²) in [4.78, 5) is 11.1. The summed E-state index contributed by atoms with van der Waals surface area (Å²) in [5.74, 6) is 2.94. The van der Waals surface area contributed by atoms with Crippen molar-refractivity contribution < 1.29 is 0 Å². The summed E-state index contributed by atoms with van der Waals surface area (Å²) in [6.07, 6.45) is 1.85. The monoisotopic (exact) mass is 324 g/mol. The van der Waals surface area contributed by atoms with Crippen molar-refractivity contribution in [3.8, 4) is 0 Å². The van der Waals surface area contributed by atoms with Crippen LogP contribution in [-0.2, 0) is 6.54 Å². The Kier molecular flexibility index (Phi) is 5.81. The van der Waals surface area contributed by atoms with Crippen LogP contribution in [0.3, 0.4) is 0 Å². The van der Waals surface area contributed by atoms with Gasteiger partial charge in [0.05, 0.1) is 11.6 Å². The van der Waals surface area contributed by atoms with E-state index in [1.54, 1.807) is 11.8 Å². The van der Waals surface area contributed by atoms with Crippen LogP contribution in [0.1, 0.15) is 26.3 Å². The molecule has 0 atom stereocenters. The Morgan fingerprint density at radius 2 is 2.14 bits per heavy atom. The van der Waals surface area contributed by atoms with Crippen molar-refractivity contribution in [2.24, 2.45) is 10.7 Å². The molecule has 1 aromatic heterocycles. The summed E-state index contributed by atoms with van der Waals surface area (Å²) in [5, 5.41) is 1.04. The number of hydrogen-bond acceptors (Lipinski definition) is 4. The topological polar surface area (TPSA) is 54.5 Å². The molecular formula is C15H24N4S2. The number of aromatic nitrogens is 1. The zero-order valence-electron chi connectivity index (χ0n) is 13.0. The van der Waals surface area contributed by atoms with E-state index < -0.39 is 0 Å². The van der Waals surface area contributed by atoms with Crippen molar-refractivity contribution >= 4 is 29.5 Å². The molecular weight excluding hydrogens is 300 g/mol. The molecule has 1 aliphatic rings. The van der Waals surface area contributed by atoms with Crippen LogP contribution < -0.4 is 5.73 Å². The van der Waals surface area contributed by atoms with Gasteiger partial charge in [0.25, 0.3) is 0 Å². The van der Waals surface area contributed by atoms with Gasteiger partial charge in [-0.15, -0.1) is 11.8 Å². The molecule has 6 heteroatoms. The number of thioether (sulfide) groups is 2. The smallest absolute Gasteiger partial charge is 0.191 e. The van der Waals surface area contributed by atoms with Gasteiger partial charge in [0.15, 0.2) is 5.96 Å². The molecule has 0 spiro atoms. The highest BCUT2D eigenvalue weighted by Crippen LogP contribution is 2.30. The highest BCUT2D eigenvalue weighted by atomic mass is 32.2. The minimum absolute atomic E-state index is 0.166. The van der Waals surface area contributed by atoms with Crippen molar-refractivity contribution in [3.63, 3.8) is 0 Å². The van der Waals surface area contributed by atoms with Gasteiger partial charge in [-0.1, -0.05) is 20.8 Å². The van der Waals surface area contributed by atoms with Crippen molar-refractivity contribution in [1.29, 1.82) is 0 Å². The Morgan fingerprint density at radius 3 is 2.81 bits per heavy atom. The molecule has 2 heterocycles. The first-order valence-electron chi connectivity index (χ1n) is 7.20. The molecule has 0 aromatic carbocycles. The van der Waals surface area contributed by atoms with Gasteiger partial charge in [-0.25, -0.2) is 9.98 Å². The largest absolute Gasteiger partial charge is 0.370 e. The van der Waals surface area contributed by atoms with E-state index in [4.69, 9.17) is 5.73 Å². The molecule has 1 saturated heterocycles. The Labute approximate surface area is 136 Å². The lowest BCUT2D eigenvalue weighted by Crippen LogP contribution is -2.42. The fourth-order valence-electron chi connectivity index (χ4n) is 1.98. The van der Waals surface area contributed by atoms with Crippen molar-refractivity contribution in [1.82, 2.24) is 9.88 Å². The van der Waals surface area contributed by atoms with E-state index in [1.807, 2.05) is 24.0 Å². The fraction of sp³-hybridized carbons (Fsp3) is 0.600. The third kappa shape index (κ3) is 5.79. The molecule has 0 unspecified atom stereocenters. The molecule has 1 aliphatic heterocycles. The molecule has 2 N–H and O–H groups in total. The second-order valence-electron chi connectivity index (χ2n) is 5.99. The maximum absolute atomic E-state index is 6.08. The van der Waals surface area contributed by atoms with Gasteiger partial charge in [0.1, 0.15) is 0 Å². The maximum Gasteiger partial charge on any atom is 0.191 e. The first-order chi connectivity index (χ1) is 9.94. The summed E-state index contributed by atoms with van der Waals surface area (Å²) in [6, 6.07) is 4.12. The standard InChI is InChI=1S/C15H24N4S2/c1-15(2,3)21-13-10-12(4-5-17-13)11-18-14(16)19-6-8-20-9-7-19/h4-5,10H,6-9,11H2,1-3H3,(H2,16,18). The van der Waals surface area contributed by atoms with Gasteiger partial charge in [-0.05, 0) is 17.7 Å². The van der Waals surface area contributed by atoms with Crippen molar-refractivity contribution in [3.05, 3.63) is 23.9 Å². The first kappa shape index (κ1) is 16.5. The van der Waals surface area contributed by atoms with Crippen LogP contribution in [0.2, 0.25) is 0 Å². The number of nitrogens with zero attached hydrogens (tertiary/aromatic N) is 3. The number of rotatable bonds is 3. The molecule has 0 bridgehead atoms. The number of hydrogen-bond donors (Lipinski definition) is 1. The molecule has 0 aliphatic carbocycles. The molecule has 4 nitrogen and oxygen atoms in total. The van der Waals surface area contributed by atoms with E-state index in [0.717, 1.165) is 35.2 Å². The van der Waals surface area contributed by atoms with Gasteiger partial charge in [0, 0.05) is 35.5 Å². The average molecular weight is 325 g/mol. The van der Waals surface area contributed by atoms with Crippen molar-refractivity contribution in [2.45, 2.75) is 37.1 Å². The van der Waals surface area contributed by atoms with Crippen LogP contribution in [0.5, 0.6) is 0 Å². The Balaban J connectivity index is 1.97. The van der Waals surface area contributed by atoms with Crippen LogP contribution in [0.15, 0.2) is 28.3 Å². The van der Waals surface area contributed by atoms with E-state index in [9.17, 15) is 0 Å². The summed E-state index contributed by atoms with van der Waals surface area (Å²) in [5.41, 5.74) is 7.24. The second kappa shape index (κ2) is 7.40. The lowest BCUT2D eigenvalue weighted by atomic mass is 10.3. The minimum Gasteiger partial charge on any atom is -0.370 e. The normalized spacial score (nSPS) is 17.1. The number of aliphatic imine (C=N–C) groups is 1. The van der Waals surface area contributed by atoms with Crippen LogP contribution in [-0.4, -0.2) is 45.2 Å². The van der Waals surface area contributed by atoms with Gasteiger partial charge >= 0.3 is 0 Å². The molecule has 2 rings (SSSR count). The van der Waals surface area contributed by atoms with Crippen LogP contribution in [0, 0.1) is 0 Å². The number of guanidine groups is 1. The molecule has 116 valence electrons. The lowest BCUT2D eigenvalue weighted by molar-refractivity contribution is 0.455. The summed E-state index contributed by atoms with van der Waals surface area (Å²) in [7, 11) is 0. The maximum atomic E-state index is 6.08. The number of pyridine rings is 1. The molecule has 0 saturated carbocycles. The average Bonchev–Trinajstić information content (AvgIpc) is 2.44. The van der Waals surface area contributed by atoms with Gasteiger partial charge in [-0.3, -0.25) is 0 Å². The third-order valence-electron chi connectivity index (χ3n) is 2.97. The van der Waals surface area contributed by atoms with Crippen LogP contribution >= 0.6 is 23.5 Å². The van der Waals surface area contributed by atoms with E-state index in [-0.39, 0.29) is 4.75 Å². The Hall–Kier alpha value is -0.880. The summed E-state index contributed by atoms with van der Waals surface area (Å²) >= 11 is 3.75. The molecule has 1 fully saturated rings. The summed E-state index contributed by atoms with van der Waals surface area (Å²) < 4.78 is 0.166. The summed E-state index contributed by atoms with van der Waals surface area (Å²) in [6.45, 7) is 9.20. The zero-order chi connectivity index (χ0) is 15.3. The number of nitrogens with two attached hydrogens (primary N) is 1. The zero-order valence-corrected chi connectivity index (χ0v) is 14.6. The third-order valence-corrected chi connectivity index (χ3v) is 4.96. The Bertz CT molecular complexity index is 491. The predicted molar refractivity (Wildman–Crippen MR) is 94.1 cm³/mol.